The van der Waals surface area contributed by atoms with Crippen LogP contribution in [0.15, 0.2) is 125 Å². The van der Waals surface area contributed by atoms with Gasteiger partial charge in [0.05, 0.1) is 28.2 Å². The quantitative estimate of drug-likeness (QED) is 0.0340. The molecule has 0 aliphatic carbocycles. The zero-order valence-corrected chi connectivity index (χ0v) is 40.2. The molecule has 1 amide bonds. The van der Waals surface area contributed by atoms with Crippen LogP contribution in [0.3, 0.4) is 0 Å². The Morgan fingerprint density at radius 1 is 0.806 bits per heavy atom. The number of anilines is 2. The fourth-order valence-corrected chi connectivity index (χ4v) is 11.5. The summed E-state index contributed by atoms with van der Waals surface area (Å²) in [6.07, 6.45) is 9.43. The minimum atomic E-state index is -4.23. The molecule has 4 heterocycles. The third-order valence-corrected chi connectivity index (χ3v) is 15.9. The summed E-state index contributed by atoms with van der Waals surface area (Å²) in [5.74, 6) is -1.47. The number of carbonyl (C=O) groups is 1. The Hall–Kier alpha value is -6.00. The molecule has 20 heteroatoms. The Bertz CT molecular complexity index is 3450. The third-order valence-electron chi connectivity index (χ3n) is 12.1. The number of rotatable bonds is 15. The summed E-state index contributed by atoms with van der Waals surface area (Å²) in [6.45, 7) is 8.99. The van der Waals surface area contributed by atoms with Crippen LogP contribution in [0.1, 0.15) is 67.7 Å². The number of nitrogens with two attached hydrogens (primary N) is 1. The Morgan fingerprint density at radius 3 is 2.07 bits per heavy atom. The second kappa shape index (κ2) is 17.9. The number of nitrogens with one attached hydrogen (secondary N) is 1. The van der Waals surface area contributed by atoms with Crippen molar-refractivity contribution in [2.45, 2.75) is 55.7 Å². The number of nitrogens with zero attached hydrogens (tertiary/aromatic N) is 5. The van der Waals surface area contributed by atoms with Crippen molar-refractivity contribution in [3.05, 3.63) is 144 Å². The van der Waals surface area contributed by atoms with Gasteiger partial charge in [-0.05, 0) is 83.8 Å². The third kappa shape index (κ3) is 9.87. The minimum Gasteiger partial charge on any atom is -0.344 e. The van der Waals surface area contributed by atoms with E-state index < -0.39 is 62.8 Å². The molecular formula is C47H48N7O9S4+. The van der Waals surface area contributed by atoms with Crippen LogP contribution in [0.4, 0.5) is 16.5 Å². The second-order valence-electron chi connectivity index (χ2n) is 17.4. The van der Waals surface area contributed by atoms with Gasteiger partial charge in [-0.2, -0.15) is 21.4 Å². The molecule has 0 radical (unpaired) electrons. The molecule has 0 spiro atoms. The van der Waals surface area contributed by atoms with Gasteiger partial charge in [0.25, 0.3) is 36.2 Å². The van der Waals surface area contributed by atoms with Gasteiger partial charge in [-0.1, -0.05) is 85.9 Å². The first-order chi connectivity index (χ1) is 31.5. The van der Waals surface area contributed by atoms with E-state index in [0.29, 0.717) is 22.6 Å². The number of hydrogen-bond donors (Lipinski definition) is 4. The van der Waals surface area contributed by atoms with Crippen molar-refractivity contribution in [1.82, 2.24) is 15.2 Å². The van der Waals surface area contributed by atoms with E-state index in [1.54, 1.807) is 12.1 Å². The maximum Gasteiger partial charge on any atom is 0.267 e. The monoisotopic (exact) mass is 982 g/mol. The smallest absolute Gasteiger partial charge is 0.267 e. The number of sulfonamides is 1. The number of amides is 1. The highest BCUT2D eigenvalue weighted by Crippen LogP contribution is 2.51. The largest absolute Gasteiger partial charge is 0.344 e. The Balaban J connectivity index is 1.25. The predicted octanol–water partition coefficient (Wildman–Crippen LogP) is 7.39. The molecule has 0 saturated carbocycles. The lowest BCUT2D eigenvalue weighted by molar-refractivity contribution is -0.437. The normalized spacial score (nSPS) is 16.7. The molecule has 0 atom stereocenters. The number of aromatic nitrogens is 3. The molecule has 5 N–H and O–H groups in total. The van der Waals surface area contributed by atoms with Crippen LogP contribution < -0.4 is 15.4 Å². The summed E-state index contributed by atoms with van der Waals surface area (Å²) in [4.78, 5) is 20.1. The van der Waals surface area contributed by atoms with E-state index in [-0.39, 0.29) is 36.6 Å². The van der Waals surface area contributed by atoms with Crippen LogP contribution in [-0.2, 0) is 41.1 Å². The molecule has 2 aliphatic rings. The van der Waals surface area contributed by atoms with Crippen LogP contribution in [0.25, 0.3) is 27.1 Å². The average molecular weight is 983 g/mol. The summed E-state index contributed by atoms with van der Waals surface area (Å²) in [5, 5.41) is 19.1. The van der Waals surface area contributed by atoms with Gasteiger partial charge < -0.3 is 4.90 Å². The van der Waals surface area contributed by atoms with Crippen LogP contribution in [-0.4, -0.2) is 90.3 Å². The Labute approximate surface area is 392 Å². The molecule has 0 bridgehead atoms. The molecule has 0 fully saturated rings. The van der Waals surface area contributed by atoms with E-state index >= 15 is 0 Å². The van der Waals surface area contributed by atoms with Crippen molar-refractivity contribution >= 4 is 96.8 Å². The SMILES string of the molecule is CC1(C)C(=CC=C(C=CC2=[N+](CCCS(=O)(=O)O)c3ccc4ccccc4c3C2(C)C)c2ccc(C(=O)Nc3nnc(S(N)(=O)=O)s3)cn2)N(CCCS(=O)(=O)O)c2ccc3ccccc3c21. The molecule has 67 heavy (non-hydrogen) atoms. The van der Waals surface area contributed by atoms with Crippen molar-refractivity contribution < 1.29 is 43.7 Å². The number of carbonyl (C=O) groups excluding carboxylic acids is 1. The molecule has 2 aliphatic heterocycles. The Kier molecular flexibility index (Phi) is 12.7. The number of primary sulfonamides is 1. The number of allylic oxidation sites excluding steroid dienone is 6. The van der Waals surface area contributed by atoms with Crippen LogP contribution in [0.5, 0.6) is 0 Å². The summed E-state index contributed by atoms with van der Waals surface area (Å²) in [7, 11) is -12.6. The highest BCUT2D eigenvalue weighted by Gasteiger charge is 2.46. The van der Waals surface area contributed by atoms with Crippen LogP contribution in [0.2, 0.25) is 0 Å². The highest BCUT2D eigenvalue weighted by molar-refractivity contribution is 7.91. The molecule has 348 valence electrons. The van der Waals surface area contributed by atoms with E-state index in [9.17, 15) is 39.2 Å². The number of hydrogen-bond acceptors (Lipinski definition) is 12. The van der Waals surface area contributed by atoms with E-state index in [2.05, 4.69) is 64.8 Å². The number of pyridine rings is 1. The summed E-state index contributed by atoms with van der Waals surface area (Å²) in [6, 6.07) is 27.5. The molecule has 2 aromatic heterocycles. The first-order valence-electron chi connectivity index (χ1n) is 21.1. The minimum absolute atomic E-state index is 0.0755. The van der Waals surface area contributed by atoms with Gasteiger partial charge in [-0.15, -0.1) is 10.2 Å². The van der Waals surface area contributed by atoms with Crippen LogP contribution >= 0.6 is 11.3 Å². The summed E-state index contributed by atoms with van der Waals surface area (Å²) in [5.41, 5.74) is 5.65. The molecule has 0 unspecified atom stereocenters. The highest BCUT2D eigenvalue weighted by atomic mass is 32.2. The standard InChI is InChI=1S/C47H47N7O9S4/c1-46(2)39(53(25-9-27-65(56,57)58)37-21-16-30-11-5-7-13-34(30)41(37)46)23-18-32(36-20-15-33(29-49-36)43(55)50-44-51-52-45(64-44)67(48,62)63)19-24-40-47(3,4)42-35-14-8-6-12-31(35)17-22-38(42)54(40)26-10-28-66(59,60)61/h5-8,11-24,29H,9-10,25-28H2,1-4H3,(H4-,48,50,51,55,56,57,58,59,60,61,62,63)/p+1. The maximum atomic E-state index is 13.3. The van der Waals surface area contributed by atoms with E-state index in [0.717, 1.165) is 55.5 Å². The van der Waals surface area contributed by atoms with E-state index in [4.69, 9.17) is 10.1 Å². The first kappa shape index (κ1) is 47.5. The number of benzene rings is 4. The second-order valence-corrected chi connectivity index (χ2v) is 23.2. The zero-order chi connectivity index (χ0) is 48.1. The number of fused-ring (bicyclic) bond motifs is 6. The van der Waals surface area contributed by atoms with Gasteiger partial charge in [0, 0.05) is 59.2 Å². The van der Waals surface area contributed by atoms with Crippen molar-refractivity contribution in [1.29, 1.82) is 0 Å². The predicted molar refractivity (Wildman–Crippen MR) is 262 cm³/mol. The lowest BCUT2D eigenvalue weighted by Crippen LogP contribution is -2.28. The van der Waals surface area contributed by atoms with E-state index in [1.165, 1.54) is 6.20 Å². The van der Waals surface area contributed by atoms with Gasteiger partial charge in [0.2, 0.25) is 15.2 Å². The molecule has 4 aromatic carbocycles. The Morgan fingerprint density at radius 2 is 1.45 bits per heavy atom. The summed E-state index contributed by atoms with van der Waals surface area (Å²) >= 11 is 0.605. The molecule has 0 saturated heterocycles. The molecule has 8 rings (SSSR count). The van der Waals surface area contributed by atoms with Gasteiger partial charge in [-0.25, -0.2) is 13.6 Å². The fraction of sp³-hybridized carbons (Fsp3) is 0.255. The fourth-order valence-electron chi connectivity index (χ4n) is 9.17. The van der Waals surface area contributed by atoms with Gasteiger partial charge in [0.15, 0.2) is 5.71 Å². The van der Waals surface area contributed by atoms with Crippen molar-refractivity contribution in [2.75, 3.05) is 34.8 Å². The van der Waals surface area contributed by atoms with Crippen molar-refractivity contribution in [3.63, 3.8) is 0 Å². The van der Waals surface area contributed by atoms with Crippen molar-refractivity contribution in [3.8, 4) is 0 Å². The van der Waals surface area contributed by atoms with Gasteiger partial charge >= 0.3 is 0 Å². The lowest BCUT2D eigenvalue weighted by Gasteiger charge is -2.27. The molecule has 16 nitrogen and oxygen atoms in total. The zero-order valence-electron chi connectivity index (χ0n) is 36.9. The molecule has 6 aromatic rings. The average Bonchev–Trinajstić information content (AvgIpc) is 3.89. The van der Waals surface area contributed by atoms with Crippen molar-refractivity contribution in [2.24, 2.45) is 5.14 Å². The molecular weight excluding hydrogens is 935 g/mol. The van der Waals surface area contributed by atoms with E-state index in [1.807, 2.05) is 85.0 Å². The summed E-state index contributed by atoms with van der Waals surface area (Å²) < 4.78 is 92.0. The van der Waals surface area contributed by atoms with Crippen LogP contribution in [0, 0.1) is 0 Å². The topological polar surface area (TPSA) is 243 Å². The maximum absolute atomic E-state index is 13.3. The first-order valence-corrected chi connectivity index (χ1v) is 26.7. The van der Waals surface area contributed by atoms with Gasteiger partial charge in [0.1, 0.15) is 6.54 Å². The lowest BCUT2D eigenvalue weighted by atomic mass is 9.79. The van der Waals surface area contributed by atoms with Gasteiger partial charge in [-0.3, -0.25) is 24.2 Å².